The lowest BCUT2D eigenvalue weighted by atomic mass is 10.0. The number of hydrogen-bond donors (Lipinski definition) is 1. The van der Waals surface area contributed by atoms with Crippen molar-refractivity contribution in [3.63, 3.8) is 0 Å². The van der Waals surface area contributed by atoms with Gasteiger partial charge in [-0.15, -0.1) is 0 Å². The van der Waals surface area contributed by atoms with Crippen LogP contribution in [0, 0.1) is 20.8 Å². The summed E-state index contributed by atoms with van der Waals surface area (Å²) in [7, 11) is 0. The highest BCUT2D eigenvalue weighted by Crippen LogP contribution is 2.38. The zero-order valence-electron chi connectivity index (χ0n) is 11.5. The maximum Gasteiger partial charge on any atom is 0.336 e. The topological polar surface area (TPSA) is 59.1 Å². The molecule has 1 aromatic carbocycles. The van der Waals surface area contributed by atoms with Crippen molar-refractivity contribution in [2.75, 3.05) is 0 Å². The molecule has 1 N–H and O–H groups in total. The number of aromatic nitrogens is 1. The van der Waals surface area contributed by atoms with Crippen LogP contribution in [0.5, 0.6) is 0 Å². The average molecular weight is 267 g/mol. The van der Waals surface area contributed by atoms with Gasteiger partial charge in [0.25, 0.3) is 0 Å². The second kappa shape index (κ2) is 3.54. The van der Waals surface area contributed by atoms with Crippen molar-refractivity contribution in [1.82, 2.24) is 4.98 Å². The molecule has 4 heteroatoms. The van der Waals surface area contributed by atoms with Gasteiger partial charge in [-0.2, -0.15) is 0 Å². The molecule has 0 aliphatic heterocycles. The third-order valence-electron chi connectivity index (χ3n) is 4.05. The van der Waals surface area contributed by atoms with Crippen LogP contribution in [0.2, 0.25) is 0 Å². The fourth-order valence-corrected chi connectivity index (χ4v) is 2.99. The Labute approximate surface area is 114 Å². The van der Waals surface area contributed by atoms with Gasteiger partial charge in [-0.3, -0.25) is 0 Å². The lowest BCUT2D eigenvalue weighted by Crippen LogP contribution is -1.98. The minimum absolute atomic E-state index is 0.332. The van der Waals surface area contributed by atoms with Crippen LogP contribution in [0.1, 0.15) is 16.8 Å². The predicted octanol–water partition coefficient (Wildman–Crippen LogP) is 3.95. The molecule has 0 saturated heterocycles. The van der Waals surface area contributed by atoms with E-state index in [1.807, 2.05) is 19.9 Å². The molecule has 4 rings (SSSR count). The summed E-state index contributed by atoms with van der Waals surface area (Å²) in [5.41, 5.74) is 5.14. The quantitative estimate of drug-likeness (QED) is 0.491. The summed E-state index contributed by atoms with van der Waals surface area (Å²) in [4.78, 5) is 15.1. The first-order valence-corrected chi connectivity index (χ1v) is 6.50. The molecule has 0 spiro atoms. The summed E-state index contributed by atoms with van der Waals surface area (Å²) < 4.78 is 11.1. The van der Waals surface area contributed by atoms with Gasteiger partial charge in [0, 0.05) is 22.5 Å². The van der Waals surface area contributed by atoms with Crippen LogP contribution in [0.4, 0.5) is 0 Å². The average Bonchev–Trinajstić information content (AvgIpc) is 2.97. The zero-order valence-corrected chi connectivity index (χ0v) is 11.5. The molecule has 0 saturated carbocycles. The molecule has 20 heavy (non-hydrogen) atoms. The number of rotatable bonds is 0. The molecule has 3 heterocycles. The summed E-state index contributed by atoms with van der Waals surface area (Å²) in [5.74, 6) is 0. The van der Waals surface area contributed by atoms with E-state index in [0.717, 1.165) is 44.1 Å². The van der Waals surface area contributed by atoms with E-state index in [0.29, 0.717) is 5.58 Å². The maximum absolute atomic E-state index is 11.7. The Morgan fingerprint density at radius 1 is 1.10 bits per heavy atom. The molecule has 0 radical (unpaired) electrons. The Hall–Kier alpha value is -2.49. The van der Waals surface area contributed by atoms with Gasteiger partial charge in [-0.25, -0.2) is 4.79 Å². The van der Waals surface area contributed by atoms with Crippen LogP contribution in [0.15, 0.2) is 32.0 Å². The number of H-pyrrole nitrogens is 1. The second-order valence-electron chi connectivity index (χ2n) is 5.24. The summed E-state index contributed by atoms with van der Waals surface area (Å²) in [6.45, 7) is 6.03. The first-order chi connectivity index (χ1) is 9.58. The first-order valence-electron chi connectivity index (χ1n) is 6.50. The number of aryl methyl sites for hydroxylation is 3. The van der Waals surface area contributed by atoms with E-state index >= 15 is 0 Å². The molecule has 0 fully saturated rings. The van der Waals surface area contributed by atoms with Crippen LogP contribution in [0.25, 0.3) is 32.8 Å². The summed E-state index contributed by atoms with van der Waals surface area (Å²) >= 11 is 0. The van der Waals surface area contributed by atoms with Crippen LogP contribution in [0.3, 0.4) is 0 Å². The number of nitrogens with one attached hydrogen (secondary N) is 1. The van der Waals surface area contributed by atoms with Crippen molar-refractivity contribution >= 4 is 32.8 Å². The third-order valence-corrected chi connectivity index (χ3v) is 4.05. The van der Waals surface area contributed by atoms with Crippen molar-refractivity contribution in [1.29, 1.82) is 0 Å². The molecule has 4 aromatic rings. The Bertz CT molecular complexity index is 1050. The number of benzene rings is 1. The molecule has 0 aliphatic carbocycles. The highest BCUT2D eigenvalue weighted by molar-refractivity contribution is 6.22. The molecule has 0 amide bonds. The Morgan fingerprint density at radius 2 is 1.90 bits per heavy atom. The number of hydrogen-bond acceptors (Lipinski definition) is 3. The lowest BCUT2D eigenvalue weighted by Gasteiger charge is -2.05. The standard InChI is InChI=1S/C16H13NO3/c1-7-6-11(18)20-15-10-4-5-19-16(10)14-13(12(7)15)8(2)9(3)17-14/h4-6,17H,1-3H3. The van der Waals surface area contributed by atoms with Crippen molar-refractivity contribution in [2.45, 2.75) is 20.8 Å². The Morgan fingerprint density at radius 3 is 2.70 bits per heavy atom. The number of furan rings is 1. The second-order valence-corrected chi connectivity index (χ2v) is 5.24. The Kier molecular flexibility index (Phi) is 2.01. The van der Waals surface area contributed by atoms with Gasteiger partial charge in [0.2, 0.25) is 0 Å². The van der Waals surface area contributed by atoms with Crippen LogP contribution in [-0.2, 0) is 0 Å². The predicted molar refractivity (Wildman–Crippen MR) is 78.3 cm³/mol. The minimum Gasteiger partial charge on any atom is -0.462 e. The van der Waals surface area contributed by atoms with Gasteiger partial charge < -0.3 is 13.8 Å². The molecule has 100 valence electrons. The van der Waals surface area contributed by atoms with Gasteiger partial charge in [0.15, 0.2) is 11.2 Å². The van der Waals surface area contributed by atoms with Crippen molar-refractivity contribution in [3.05, 3.63) is 45.6 Å². The highest BCUT2D eigenvalue weighted by atomic mass is 16.4. The van der Waals surface area contributed by atoms with Gasteiger partial charge >= 0.3 is 5.63 Å². The van der Waals surface area contributed by atoms with E-state index in [1.165, 1.54) is 6.07 Å². The van der Waals surface area contributed by atoms with Gasteiger partial charge in [-0.1, -0.05) is 0 Å². The largest absolute Gasteiger partial charge is 0.462 e. The lowest BCUT2D eigenvalue weighted by molar-refractivity contribution is 0.563. The van der Waals surface area contributed by atoms with Crippen LogP contribution >= 0.6 is 0 Å². The fourth-order valence-electron chi connectivity index (χ4n) is 2.99. The summed E-state index contributed by atoms with van der Waals surface area (Å²) in [6, 6.07) is 3.38. The number of aromatic amines is 1. The zero-order chi connectivity index (χ0) is 14.0. The summed E-state index contributed by atoms with van der Waals surface area (Å²) in [5, 5.41) is 2.88. The van der Waals surface area contributed by atoms with E-state index in [2.05, 4.69) is 11.9 Å². The monoisotopic (exact) mass is 267 g/mol. The SMILES string of the molecule is Cc1[nH]c2c3occc3c3oc(=O)cc(C)c3c2c1C. The van der Waals surface area contributed by atoms with E-state index in [1.54, 1.807) is 6.26 Å². The maximum atomic E-state index is 11.7. The molecular weight excluding hydrogens is 254 g/mol. The molecule has 4 nitrogen and oxygen atoms in total. The fraction of sp³-hybridized carbons (Fsp3) is 0.188. The smallest absolute Gasteiger partial charge is 0.336 e. The molecular formula is C16H13NO3. The van der Waals surface area contributed by atoms with Crippen molar-refractivity contribution < 1.29 is 8.83 Å². The van der Waals surface area contributed by atoms with Gasteiger partial charge in [0.05, 0.1) is 17.2 Å². The van der Waals surface area contributed by atoms with Crippen molar-refractivity contribution in [2.24, 2.45) is 0 Å². The molecule has 3 aromatic heterocycles. The molecule has 0 atom stereocenters. The normalized spacial score (nSPS) is 11.9. The summed E-state index contributed by atoms with van der Waals surface area (Å²) in [6.07, 6.45) is 1.62. The van der Waals surface area contributed by atoms with Crippen LogP contribution < -0.4 is 5.63 Å². The van der Waals surface area contributed by atoms with E-state index < -0.39 is 0 Å². The molecule has 0 unspecified atom stereocenters. The van der Waals surface area contributed by atoms with Crippen LogP contribution in [-0.4, -0.2) is 4.98 Å². The first kappa shape index (κ1) is 11.3. The minimum atomic E-state index is -0.332. The van der Waals surface area contributed by atoms with Crippen molar-refractivity contribution in [3.8, 4) is 0 Å². The Balaban J connectivity index is 2.51. The highest BCUT2D eigenvalue weighted by Gasteiger charge is 2.19. The van der Waals surface area contributed by atoms with Gasteiger partial charge in [-0.05, 0) is 38.0 Å². The van der Waals surface area contributed by atoms with E-state index in [-0.39, 0.29) is 5.63 Å². The van der Waals surface area contributed by atoms with Gasteiger partial charge in [0.1, 0.15) is 0 Å². The molecule has 0 bridgehead atoms. The number of fused-ring (bicyclic) bond motifs is 6. The van der Waals surface area contributed by atoms with E-state index in [9.17, 15) is 4.79 Å². The van der Waals surface area contributed by atoms with E-state index in [4.69, 9.17) is 8.83 Å². The third kappa shape index (κ3) is 1.23. The molecule has 0 aliphatic rings.